The lowest BCUT2D eigenvalue weighted by atomic mass is 10.1. The molecule has 5 rings (SSSR count). The quantitative estimate of drug-likeness (QED) is 0.410. The summed E-state index contributed by atoms with van der Waals surface area (Å²) < 4.78 is 3.80. The summed E-state index contributed by atoms with van der Waals surface area (Å²) in [6.07, 6.45) is 3.89. The summed E-state index contributed by atoms with van der Waals surface area (Å²) in [6.45, 7) is 0.414. The van der Waals surface area contributed by atoms with Gasteiger partial charge in [-0.15, -0.1) is 0 Å². The number of aromatic nitrogens is 3. The van der Waals surface area contributed by atoms with E-state index >= 15 is 0 Å². The molecule has 0 aliphatic rings. The van der Waals surface area contributed by atoms with E-state index in [2.05, 4.69) is 45.3 Å². The van der Waals surface area contributed by atoms with Crippen molar-refractivity contribution < 1.29 is 4.79 Å². The number of pyridine rings is 1. The number of fused-ring (bicyclic) bond motifs is 1. The SMILES string of the molecule is O=C(NCc1ccc(Cl)cc1)c1ccn(-c2ccc3ccc(-c4ccccc4)cn23)n1. The van der Waals surface area contributed by atoms with Crippen LogP contribution in [0.2, 0.25) is 5.02 Å². The number of halogens is 1. The summed E-state index contributed by atoms with van der Waals surface area (Å²) in [5.41, 5.74) is 4.65. The molecule has 5 nitrogen and oxygen atoms in total. The van der Waals surface area contributed by atoms with Crippen molar-refractivity contribution in [3.8, 4) is 16.9 Å². The number of hydrogen-bond acceptors (Lipinski definition) is 2. The van der Waals surface area contributed by atoms with Gasteiger partial charge in [-0.2, -0.15) is 5.10 Å². The number of carbonyl (C=O) groups is 1. The lowest BCUT2D eigenvalue weighted by Crippen LogP contribution is -2.23. The van der Waals surface area contributed by atoms with Crippen molar-refractivity contribution in [2.45, 2.75) is 6.54 Å². The lowest BCUT2D eigenvalue weighted by Gasteiger charge is -2.07. The molecule has 5 aromatic rings. The van der Waals surface area contributed by atoms with Gasteiger partial charge in [0.05, 0.1) is 0 Å². The Morgan fingerprint density at radius 3 is 2.45 bits per heavy atom. The molecule has 1 amide bonds. The summed E-state index contributed by atoms with van der Waals surface area (Å²) in [6, 6.07) is 27.5. The molecule has 3 heterocycles. The highest BCUT2D eigenvalue weighted by Gasteiger charge is 2.12. The van der Waals surface area contributed by atoms with Gasteiger partial charge in [-0.1, -0.05) is 60.1 Å². The first-order valence-electron chi connectivity index (χ1n) is 9.93. The van der Waals surface area contributed by atoms with Gasteiger partial charge in [0.2, 0.25) is 0 Å². The predicted molar refractivity (Wildman–Crippen MR) is 123 cm³/mol. The molecule has 0 unspecified atom stereocenters. The van der Waals surface area contributed by atoms with Gasteiger partial charge in [-0.3, -0.25) is 4.79 Å². The molecule has 2 aromatic carbocycles. The minimum absolute atomic E-state index is 0.223. The van der Waals surface area contributed by atoms with Crippen LogP contribution in [0.1, 0.15) is 16.1 Å². The van der Waals surface area contributed by atoms with E-state index in [1.807, 2.05) is 42.5 Å². The zero-order chi connectivity index (χ0) is 21.2. The van der Waals surface area contributed by atoms with Gasteiger partial charge in [0.15, 0.2) is 5.69 Å². The van der Waals surface area contributed by atoms with Crippen LogP contribution in [0, 0.1) is 0 Å². The number of nitrogens with one attached hydrogen (secondary N) is 1. The van der Waals surface area contributed by atoms with Crippen LogP contribution in [0.3, 0.4) is 0 Å². The highest BCUT2D eigenvalue weighted by Crippen LogP contribution is 2.22. The van der Waals surface area contributed by atoms with Gasteiger partial charge in [0.25, 0.3) is 5.91 Å². The third kappa shape index (κ3) is 3.96. The van der Waals surface area contributed by atoms with Crippen LogP contribution in [0.15, 0.2) is 97.3 Å². The molecule has 1 N–H and O–H groups in total. The van der Waals surface area contributed by atoms with Gasteiger partial charge in [0.1, 0.15) is 5.82 Å². The standard InChI is InChI=1S/C25H19ClN4O/c26-21-9-6-18(7-10-21)16-27-25(31)23-14-15-30(28-23)24-13-12-22-11-8-20(17-29(22)24)19-4-2-1-3-5-19/h1-15,17H,16H2,(H,27,31). The lowest BCUT2D eigenvalue weighted by molar-refractivity contribution is 0.0945. The average molecular weight is 427 g/mol. The average Bonchev–Trinajstić information content (AvgIpc) is 3.46. The Labute approximate surface area is 184 Å². The fourth-order valence-corrected chi connectivity index (χ4v) is 3.65. The molecule has 152 valence electrons. The van der Waals surface area contributed by atoms with Crippen LogP contribution < -0.4 is 5.32 Å². The predicted octanol–water partition coefficient (Wildman–Crippen LogP) is 5.38. The number of hydrogen-bond donors (Lipinski definition) is 1. The van der Waals surface area contributed by atoms with Crippen molar-refractivity contribution in [2.24, 2.45) is 0 Å². The fourth-order valence-electron chi connectivity index (χ4n) is 3.52. The fraction of sp³-hybridized carbons (Fsp3) is 0.0400. The molecular weight excluding hydrogens is 408 g/mol. The van der Waals surface area contributed by atoms with Gasteiger partial charge in [-0.05, 0) is 53.1 Å². The van der Waals surface area contributed by atoms with Crippen LogP contribution in [-0.4, -0.2) is 20.1 Å². The maximum Gasteiger partial charge on any atom is 0.272 e. The number of carbonyl (C=O) groups excluding carboxylic acids is 1. The van der Waals surface area contributed by atoms with Crippen molar-refractivity contribution >= 4 is 23.0 Å². The Morgan fingerprint density at radius 2 is 1.65 bits per heavy atom. The van der Waals surface area contributed by atoms with E-state index < -0.39 is 0 Å². The summed E-state index contributed by atoms with van der Waals surface area (Å²) in [5.74, 6) is 0.643. The van der Waals surface area contributed by atoms with E-state index in [0.29, 0.717) is 17.3 Å². The molecule has 0 radical (unpaired) electrons. The second-order valence-electron chi connectivity index (χ2n) is 7.22. The van der Waals surface area contributed by atoms with Gasteiger partial charge >= 0.3 is 0 Å². The maximum atomic E-state index is 12.6. The highest BCUT2D eigenvalue weighted by molar-refractivity contribution is 6.30. The van der Waals surface area contributed by atoms with E-state index in [-0.39, 0.29) is 5.91 Å². The third-order valence-corrected chi connectivity index (χ3v) is 5.41. The van der Waals surface area contributed by atoms with Crippen molar-refractivity contribution in [3.05, 3.63) is 114 Å². The molecule has 31 heavy (non-hydrogen) atoms. The van der Waals surface area contributed by atoms with E-state index in [9.17, 15) is 4.79 Å². The molecule has 0 aliphatic heterocycles. The Balaban J connectivity index is 1.38. The molecular formula is C25H19ClN4O. The van der Waals surface area contributed by atoms with Crippen molar-refractivity contribution in [1.82, 2.24) is 19.5 Å². The first-order valence-corrected chi connectivity index (χ1v) is 10.3. The first-order chi connectivity index (χ1) is 15.2. The first kappa shape index (κ1) is 19.2. The van der Waals surface area contributed by atoms with Crippen LogP contribution in [0.5, 0.6) is 0 Å². The summed E-state index contributed by atoms with van der Waals surface area (Å²) in [4.78, 5) is 12.6. The molecule has 0 fully saturated rings. The Kier molecular flexibility index (Phi) is 5.02. The van der Waals surface area contributed by atoms with Crippen LogP contribution >= 0.6 is 11.6 Å². The van der Waals surface area contributed by atoms with Crippen molar-refractivity contribution in [3.63, 3.8) is 0 Å². The summed E-state index contributed by atoms with van der Waals surface area (Å²) >= 11 is 5.91. The summed E-state index contributed by atoms with van der Waals surface area (Å²) in [5, 5.41) is 8.06. The molecule has 3 aromatic heterocycles. The molecule has 0 saturated heterocycles. The number of rotatable bonds is 5. The van der Waals surface area contributed by atoms with E-state index in [1.54, 1.807) is 29.1 Å². The third-order valence-electron chi connectivity index (χ3n) is 5.16. The second kappa shape index (κ2) is 8.13. The number of nitrogens with zero attached hydrogens (tertiary/aromatic N) is 3. The van der Waals surface area contributed by atoms with Crippen LogP contribution in [0.4, 0.5) is 0 Å². The minimum Gasteiger partial charge on any atom is -0.347 e. The molecule has 0 saturated carbocycles. The highest BCUT2D eigenvalue weighted by atomic mass is 35.5. The van der Waals surface area contributed by atoms with E-state index in [1.165, 1.54) is 0 Å². The zero-order valence-electron chi connectivity index (χ0n) is 16.6. The Morgan fingerprint density at radius 1 is 0.871 bits per heavy atom. The van der Waals surface area contributed by atoms with E-state index in [0.717, 1.165) is 28.0 Å². The molecule has 0 atom stereocenters. The number of amides is 1. The van der Waals surface area contributed by atoms with Gasteiger partial charge in [0, 0.05) is 29.5 Å². The van der Waals surface area contributed by atoms with Crippen molar-refractivity contribution in [2.75, 3.05) is 0 Å². The Hall–Kier alpha value is -3.83. The van der Waals surface area contributed by atoms with Crippen LogP contribution in [-0.2, 0) is 6.54 Å². The zero-order valence-corrected chi connectivity index (χ0v) is 17.3. The topological polar surface area (TPSA) is 51.3 Å². The molecule has 6 heteroatoms. The molecule has 0 spiro atoms. The molecule has 0 aliphatic carbocycles. The second-order valence-corrected chi connectivity index (χ2v) is 7.66. The minimum atomic E-state index is -0.223. The van der Waals surface area contributed by atoms with Crippen molar-refractivity contribution in [1.29, 1.82) is 0 Å². The van der Waals surface area contributed by atoms with Gasteiger partial charge in [-0.25, -0.2) is 4.68 Å². The van der Waals surface area contributed by atoms with Gasteiger partial charge < -0.3 is 9.72 Å². The van der Waals surface area contributed by atoms with Crippen LogP contribution in [0.25, 0.3) is 22.5 Å². The van der Waals surface area contributed by atoms with E-state index in [4.69, 9.17) is 11.6 Å². The smallest absolute Gasteiger partial charge is 0.272 e. The monoisotopic (exact) mass is 426 g/mol. The summed E-state index contributed by atoms with van der Waals surface area (Å²) in [7, 11) is 0. The Bertz CT molecular complexity index is 1350. The molecule has 0 bridgehead atoms. The largest absolute Gasteiger partial charge is 0.347 e. The maximum absolute atomic E-state index is 12.6. The normalized spacial score (nSPS) is 11.0. The number of benzene rings is 2.